The summed E-state index contributed by atoms with van der Waals surface area (Å²) in [6.45, 7) is 8.10. The lowest BCUT2D eigenvalue weighted by molar-refractivity contribution is -0.129. The van der Waals surface area contributed by atoms with Crippen LogP contribution in [0.25, 0.3) is 0 Å². The Morgan fingerprint density at radius 1 is 1.16 bits per heavy atom. The summed E-state index contributed by atoms with van der Waals surface area (Å²) >= 11 is 0. The molecule has 19 heavy (non-hydrogen) atoms. The lowest BCUT2D eigenvalue weighted by Gasteiger charge is -2.03. The molecule has 0 saturated heterocycles. The van der Waals surface area contributed by atoms with Crippen molar-refractivity contribution < 1.29 is 9.53 Å². The Labute approximate surface area is 115 Å². The van der Waals surface area contributed by atoms with Gasteiger partial charge in [-0.15, -0.1) is 0 Å². The number of benzene rings is 1. The van der Waals surface area contributed by atoms with Gasteiger partial charge in [0.1, 0.15) is 5.75 Å². The summed E-state index contributed by atoms with van der Waals surface area (Å²) in [7, 11) is 0. The number of carbonyl (C=O) groups is 1. The van der Waals surface area contributed by atoms with Crippen molar-refractivity contribution in [1.82, 2.24) is 0 Å². The molecular weight excluding hydrogens is 236 g/mol. The molecule has 2 heteroatoms. The Bertz CT molecular complexity index is 474. The van der Waals surface area contributed by atoms with Crippen LogP contribution in [0.3, 0.4) is 0 Å². The first-order valence-corrected chi connectivity index (χ1v) is 6.56. The standard InChI is InChI=1S/C17H22O2/c1-13(2)6-5-7-15(4)12-17(18)19-16-10-8-14(3)9-11-16/h6,8-12H,5,7H2,1-4H3/b15-12+. The summed E-state index contributed by atoms with van der Waals surface area (Å²) in [6, 6.07) is 7.46. The largest absolute Gasteiger partial charge is 0.423 e. The van der Waals surface area contributed by atoms with E-state index in [1.54, 1.807) is 18.2 Å². The van der Waals surface area contributed by atoms with Crippen LogP contribution >= 0.6 is 0 Å². The minimum Gasteiger partial charge on any atom is -0.423 e. The molecule has 0 aromatic heterocycles. The maximum Gasteiger partial charge on any atom is 0.336 e. The van der Waals surface area contributed by atoms with Gasteiger partial charge in [-0.05, 0) is 52.7 Å². The zero-order valence-corrected chi connectivity index (χ0v) is 12.2. The third kappa shape index (κ3) is 6.61. The molecule has 2 nitrogen and oxygen atoms in total. The van der Waals surface area contributed by atoms with E-state index in [4.69, 9.17) is 4.74 Å². The molecule has 0 aliphatic carbocycles. The van der Waals surface area contributed by atoms with Crippen LogP contribution in [0.5, 0.6) is 5.75 Å². The highest BCUT2D eigenvalue weighted by atomic mass is 16.5. The maximum absolute atomic E-state index is 11.7. The number of ether oxygens (including phenoxy) is 1. The van der Waals surface area contributed by atoms with Gasteiger partial charge in [0.15, 0.2) is 0 Å². The average molecular weight is 258 g/mol. The van der Waals surface area contributed by atoms with Gasteiger partial charge in [0, 0.05) is 6.08 Å². The van der Waals surface area contributed by atoms with Gasteiger partial charge in [0.2, 0.25) is 0 Å². The van der Waals surface area contributed by atoms with Gasteiger partial charge in [0.25, 0.3) is 0 Å². The third-order valence-corrected chi connectivity index (χ3v) is 2.69. The van der Waals surface area contributed by atoms with E-state index in [9.17, 15) is 4.79 Å². The molecular formula is C17H22O2. The second-order valence-electron chi connectivity index (χ2n) is 5.04. The molecule has 102 valence electrons. The van der Waals surface area contributed by atoms with Crippen LogP contribution in [-0.2, 0) is 4.79 Å². The summed E-state index contributed by atoms with van der Waals surface area (Å²) in [5.74, 6) is 0.280. The summed E-state index contributed by atoms with van der Waals surface area (Å²) in [5.41, 5.74) is 3.48. The number of aryl methyl sites for hydroxylation is 1. The van der Waals surface area contributed by atoms with Crippen LogP contribution < -0.4 is 4.74 Å². The molecule has 0 spiro atoms. The van der Waals surface area contributed by atoms with Crippen LogP contribution in [0.1, 0.15) is 39.2 Å². The number of hydrogen-bond acceptors (Lipinski definition) is 2. The van der Waals surface area contributed by atoms with Gasteiger partial charge in [-0.2, -0.15) is 0 Å². The minimum absolute atomic E-state index is 0.307. The van der Waals surface area contributed by atoms with E-state index >= 15 is 0 Å². The fraction of sp³-hybridized carbons (Fsp3) is 0.353. The lowest BCUT2D eigenvalue weighted by Crippen LogP contribution is -2.04. The monoisotopic (exact) mass is 258 g/mol. The van der Waals surface area contributed by atoms with Gasteiger partial charge < -0.3 is 4.74 Å². The van der Waals surface area contributed by atoms with E-state index in [0.717, 1.165) is 24.0 Å². The van der Waals surface area contributed by atoms with Gasteiger partial charge in [0.05, 0.1) is 0 Å². The van der Waals surface area contributed by atoms with Crippen LogP contribution in [0.15, 0.2) is 47.6 Å². The molecule has 0 atom stereocenters. The Balaban J connectivity index is 2.49. The molecule has 0 amide bonds. The molecule has 1 aromatic carbocycles. The highest BCUT2D eigenvalue weighted by Gasteiger charge is 2.01. The Hall–Kier alpha value is -1.83. The Morgan fingerprint density at radius 2 is 1.79 bits per heavy atom. The molecule has 0 aliphatic rings. The maximum atomic E-state index is 11.7. The Kier molecular flexibility index (Phi) is 6.07. The number of rotatable bonds is 5. The van der Waals surface area contributed by atoms with E-state index in [2.05, 4.69) is 19.9 Å². The number of hydrogen-bond donors (Lipinski definition) is 0. The summed E-state index contributed by atoms with van der Waals surface area (Å²) in [4.78, 5) is 11.7. The van der Waals surface area contributed by atoms with E-state index in [-0.39, 0.29) is 5.97 Å². The highest BCUT2D eigenvalue weighted by Crippen LogP contribution is 2.13. The number of carbonyl (C=O) groups excluding carboxylic acids is 1. The van der Waals surface area contributed by atoms with Crippen molar-refractivity contribution in [1.29, 1.82) is 0 Å². The van der Waals surface area contributed by atoms with Crippen molar-refractivity contribution in [2.75, 3.05) is 0 Å². The fourth-order valence-corrected chi connectivity index (χ4v) is 1.61. The van der Waals surface area contributed by atoms with Gasteiger partial charge in [-0.3, -0.25) is 0 Å². The molecule has 0 unspecified atom stereocenters. The summed E-state index contributed by atoms with van der Waals surface area (Å²) < 4.78 is 5.24. The van der Waals surface area contributed by atoms with E-state index < -0.39 is 0 Å². The zero-order valence-electron chi connectivity index (χ0n) is 12.2. The topological polar surface area (TPSA) is 26.3 Å². The molecule has 0 N–H and O–H groups in total. The van der Waals surface area contributed by atoms with E-state index in [0.29, 0.717) is 5.75 Å². The normalized spacial score (nSPS) is 11.1. The van der Waals surface area contributed by atoms with Crippen molar-refractivity contribution in [3.8, 4) is 5.75 Å². The van der Waals surface area contributed by atoms with Gasteiger partial charge >= 0.3 is 5.97 Å². The molecule has 0 heterocycles. The predicted octanol–water partition coefficient (Wildman–Crippen LogP) is 4.59. The minimum atomic E-state index is -0.307. The smallest absolute Gasteiger partial charge is 0.336 e. The molecule has 0 fully saturated rings. The predicted molar refractivity (Wildman–Crippen MR) is 79.2 cm³/mol. The van der Waals surface area contributed by atoms with Crippen LogP contribution in [0.4, 0.5) is 0 Å². The number of allylic oxidation sites excluding steroid dienone is 3. The van der Waals surface area contributed by atoms with Crippen molar-refractivity contribution >= 4 is 5.97 Å². The molecule has 0 aliphatic heterocycles. The Morgan fingerprint density at radius 3 is 2.37 bits per heavy atom. The number of esters is 1. The highest BCUT2D eigenvalue weighted by molar-refractivity contribution is 5.84. The van der Waals surface area contributed by atoms with Crippen LogP contribution in [-0.4, -0.2) is 5.97 Å². The van der Waals surface area contributed by atoms with Crippen LogP contribution in [0, 0.1) is 6.92 Å². The van der Waals surface area contributed by atoms with E-state index in [1.165, 1.54) is 5.57 Å². The van der Waals surface area contributed by atoms with Crippen molar-refractivity contribution in [3.63, 3.8) is 0 Å². The first kappa shape index (κ1) is 15.2. The summed E-state index contributed by atoms with van der Waals surface area (Å²) in [5, 5.41) is 0. The average Bonchev–Trinajstić information content (AvgIpc) is 2.31. The molecule has 1 aromatic rings. The SMILES string of the molecule is CC(C)=CCC/C(C)=C/C(=O)Oc1ccc(C)cc1. The summed E-state index contributed by atoms with van der Waals surface area (Å²) in [6.07, 6.45) is 5.58. The first-order chi connectivity index (χ1) is 8.97. The quantitative estimate of drug-likeness (QED) is 0.334. The van der Waals surface area contributed by atoms with Crippen molar-refractivity contribution in [2.45, 2.75) is 40.5 Å². The second kappa shape index (κ2) is 7.57. The molecule has 0 radical (unpaired) electrons. The molecule has 0 saturated carbocycles. The van der Waals surface area contributed by atoms with Gasteiger partial charge in [-0.1, -0.05) is 34.9 Å². The second-order valence-corrected chi connectivity index (χ2v) is 5.04. The fourth-order valence-electron chi connectivity index (χ4n) is 1.61. The van der Waals surface area contributed by atoms with Crippen LogP contribution in [0.2, 0.25) is 0 Å². The molecule has 0 bridgehead atoms. The molecule has 1 rings (SSSR count). The van der Waals surface area contributed by atoms with E-state index in [1.807, 2.05) is 26.0 Å². The van der Waals surface area contributed by atoms with Crippen molar-refractivity contribution in [2.24, 2.45) is 0 Å². The first-order valence-electron chi connectivity index (χ1n) is 6.56. The lowest BCUT2D eigenvalue weighted by atomic mass is 10.1. The van der Waals surface area contributed by atoms with Gasteiger partial charge in [-0.25, -0.2) is 4.79 Å². The van der Waals surface area contributed by atoms with Crippen molar-refractivity contribution in [3.05, 3.63) is 53.1 Å². The third-order valence-electron chi connectivity index (χ3n) is 2.69. The zero-order chi connectivity index (χ0) is 14.3.